The fourth-order valence-electron chi connectivity index (χ4n) is 2.71. The van der Waals surface area contributed by atoms with E-state index in [2.05, 4.69) is 10.3 Å². The smallest absolute Gasteiger partial charge is 0.226 e. The SMILES string of the molecule is COc1ccc(CCC(=O)Nc2nc(-c3cc(C)ccc3OC)cs2)cc1. The molecule has 1 heterocycles. The topological polar surface area (TPSA) is 60.5 Å². The molecule has 3 rings (SSSR count). The Hall–Kier alpha value is -2.86. The van der Waals surface area contributed by atoms with Gasteiger partial charge >= 0.3 is 0 Å². The number of rotatable bonds is 7. The standard InChI is InChI=1S/C21H22N2O3S/c1-14-4-10-19(26-3)17(12-14)18-13-27-21(22-18)23-20(24)11-7-15-5-8-16(25-2)9-6-15/h4-6,8-10,12-13H,7,11H2,1-3H3,(H,22,23,24). The molecule has 1 N–H and O–H groups in total. The zero-order chi connectivity index (χ0) is 19.2. The number of benzene rings is 2. The summed E-state index contributed by atoms with van der Waals surface area (Å²) in [5.74, 6) is 1.52. The van der Waals surface area contributed by atoms with Crippen LogP contribution in [0.2, 0.25) is 0 Å². The van der Waals surface area contributed by atoms with Gasteiger partial charge in [0.05, 0.1) is 19.9 Å². The van der Waals surface area contributed by atoms with Crippen LogP contribution >= 0.6 is 11.3 Å². The number of nitrogens with zero attached hydrogens (tertiary/aromatic N) is 1. The Kier molecular flexibility index (Phi) is 6.08. The molecule has 0 radical (unpaired) electrons. The van der Waals surface area contributed by atoms with Crippen LogP contribution in [0.5, 0.6) is 11.5 Å². The minimum Gasteiger partial charge on any atom is -0.497 e. The van der Waals surface area contributed by atoms with Crippen molar-refractivity contribution in [1.29, 1.82) is 0 Å². The molecule has 0 spiro atoms. The van der Waals surface area contributed by atoms with Gasteiger partial charge < -0.3 is 14.8 Å². The highest BCUT2D eigenvalue weighted by Gasteiger charge is 2.12. The number of aromatic nitrogens is 1. The van der Waals surface area contributed by atoms with Crippen molar-refractivity contribution in [3.63, 3.8) is 0 Å². The molecule has 5 nitrogen and oxygen atoms in total. The number of ether oxygens (including phenoxy) is 2. The number of amides is 1. The minimum atomic E-state index is -0.0528. The molecule has 0 saturated carbocycles. The third kappa shape index (κ3) is 4.86. The van der Waals surface area contributed by atoms with Crippen LogP contribution in [0.1, 0.15) is 17.5 Å². The highest BCUT2D eigenvalue weighted by Crippen LogP contribution is 2.33. The van der Waals surface area contributed by atoms with Crippen LogP contribution in [0.15, 0.2) is 47.8 Å². The van der Waals surface area contributed by atoms with E-state index < -0.39 is 0 Å². The van der Waals surface area contributed by atoms with Crippen molar-refractivity contribution in [3.8, 4) is 22.8 Å². The molecule has 2 aromatic carbocycles. The summed E-state index contributed by atoms with van der Waals surface area (Å²) >= 11 is 1.41. The summed E-state index contributed by atoms with van der Waals surface area (Å²) in [4.78, 5) is 16.8. The van der Waals surface area contributed by atoms with Crippen molar-refractivity contribution >= 4 is 22.4 Å². The molecular formula is C21H22N2O3S. The summed E-state index contributed by atoms with van der Waals surface area (Å²) in [6, 6.07) is 13.7. The normalized spacial score (nSPS) is 10.5. The lowest BCUT2D eigenvalue weighted by atomic mass is 10.1. The van der Waals surface area contributed by atoms with E-state index in [-0.39, 0.29) is 5.91 Å². The molecule has 6 heteroatoms. The Bertz CT molecular complexity index is 919. The molecule has 0 aliphatic heterocycles. The Balaban J connectivity index is 1.61. The summed E-state index contributed by atoms with van der Waals surface area (Å²) in [5, 5.41) is 5.40. The van der Waals surface area contributed by atoms with Crippen molar-refractivity contribution in [2.24, 2.45) is 0 Å². The second-order valence-corrected chi connectivity index (χ2v) is 7.00. The van der Waals surface area contributed by atoms with Crippen LogP contribution in [-0.2, 0) is 11.2 Å². The first-order chi connectivity index (χ1) is 13.1. The third-order valence-electron chi connectivity index (χ3n) is 4.18. The summed E-state index contributed by atoms with van der Waals surface area (Å²) < 4.78 is 10.6. The molecule has 0 atom stereocenters. The van der Waals surface area contributed by atoms with Gasteiger partial charge in [-0.25, -0.2) is 4.98 Å². The predicted octanol–water partition coefficient (Wildman–Crippen LogP) is 4.71. The number of hydrogen-bond acceptors (Lipinski definition) is 5. The molecule has 0 fully saturated rings. The zero-order valence-electron chi connectivity index (χ0n) is 15.6. The van der Waals surface area contributed by atoms with E-state index >= 15 is 0 Å². The second-order valence-electron chi connectivity index (χ2n) is 6.14. The Labute approximate surface area is 163 Å². The number of aryl methyl sites for hydroxylation is 2. The quantitative estimate of drug-likeness (QED) is 0.643. The van der Waals surface area contributed by atoms with Crippen molar-refractivity contribution in [2.45, 2.75) is 19.8 Å². The maximum absolute atomic E-state index is 12.2. The van der Waals surface area contributed by atoms with Crippen LogP contribution in [0.3, 0.4) is 0 Å². The van der Waals surface area contributed by atoms with E-state index in [0.717, 1.165) is 33.9 Å². The van der Waals surface area contributed by atoms with Crippen molar-refractivity contribution in [1.82, 2.24) is 4.98 Å². The van der Waals surface area contributed by atoms with Gasteiger partial charge in [-0.15, -0.1) is 11.3 Å². The van der Waals surface area contributed by atoms with E-state index in [1.54, 1.807) is 14.2 Å². The summed E-state index contributed by atoms with van der Waals surface area (Å²) in [7, 11) is 3.28. The zero-order valence-corrected chi connectivity index (χ0v) is 16.4. The van der Waals surface area contributed by atoms with Gasteiger partial charge in [0.2, 0.25) is 5.91 Å². The number of methoxy groups -OCH3 is 2. The van der Waals surface area contributed by atoms with Crippen molar-refractivity contribution in [2.75, 3.05) is 19.5 Å². The fraction of sp³-hybridized carbons (Fsp3) is 0.238. The maximum atomic E-state index is 12.2. The molecular weight excluding hydrogens is 360 g/mol. The van der Waals surface area contributed by atoms with Crippen LogP contribution in [0.25, 0.3) is 11.3 Å². The van der Waals surface area contributed by atoms with Crippen LogP contribution < -0.4 is 14.8 Å². The average Bonchev–Trinajstić information content (AvgIpc) is 3.15. The number of carbonyl (C=O) groups excluding carboxylic acids is 1. The van der Waals surface area contributed by atoms with Gasteiger partial charge in [0.25, 0.3) is 0 Å². The lowest BCUT2D eigenvalue weighted by molar-refractivity contribution is -0.116. The van der Waals surface area contributed by atoms with Gasteiger partial charge in [0.1, 0.15) is 11.5 Å². The molecule has 0 saturated heterocycles. The van der Waals surface area contributed by atoms with E-state index in [1.165, 1.54) is 11.3 Å². The van der Waals surface area contributed by atoms with E-state index in [0.29, 0.717) is 18.0 Å². The molecule has 1 amide bonds. The second kappa shape index (κ2) is 8.68. The predicted molar refractivity (Wildman–Crippen MR) is 109 cm³/mol. The monoisotopic (exact) mass is 382 g/mol. The first-order valence-electron chi connectivity index (χ1n) is 8.62. The Morgan fingerprint density at radius 3 is 2.59 bits per heavy atom. The largest absolute Gasteiger partial charge is 0.497 e. The average molecular weight is 382 g/mol. The number of carbonyl (C=O) groups is 1. The Morgan fingerprint density at radius 1 is 1.11 bits per heavy atom. The van der Waals surface area contributed by atoms with E-state index in [9.17, 15) is 4.79 Å². The van der Waals surface area contributed by atoms with Gasteiger partial charge in [-0.3, -0.25) is 4.79 Å². The van der Waals surface area contributed by atoms with Gasteiger partial charge in [0.15, 0.2) is 5.13 Å². The third-order valence-corrected chi connectivity index (χ3v) is 4.94. The van der Waals surface area contributed by atoms with Gasteiger partial charge in [-0.2, -0.15) is 0 Å². The lowest BCUT2D eigenvalue weighted by Gasteiger charge is -2.07. The van der Waals surface area contributed by atoms with Gasteiger partial charge in [-0.05, 0) is 43.2 Å². The Morgan fingerprint density at radius 2 is 1.89 bits per heavy atom. The number of nitrogens with one attached hydrogen (secondary N) is 1. The van der Waals surface area contributed by atoms with Gasteiger partial charge in [0, 0.05) is 17.4 Å². The molecule has 0 bridgehead atoms. The van der Waals surface area contributed by atoms with Crippen LogP contribution in [0.4, 0.5) is 5.13 Å². The van der Waals surface area contributed by atoms with Crippen molar-refractivity contribution < 1.29 is 14.3 Å². The maximum Gasteiger partial charge on any atom is 0.226 e. The molecule has 27 heavy (non-hydrogen) atoms. The lowest BCUT2D eigenvalue weighted by Crippen LogP contribution is -2.12. The molecule has 140 valence electrons. The minimum absolute atomic E-state index is 0.0528. The highest BCUT2D eigenvalue weighted by atomic mass is 32.1. The first kappa shape index (κ1) is 18.9. The first-order valence-corrected chi connectivity index (χ1v) is 9.50. The molecule has 3 aromatic rings. The van der Waals surface area contributed by atoms with Crippen LogP contribution in [-0.4, -0.2) is 25.1 Å². The summed E-state index contributed by atoms with van der Waals surface area (Å²) in [5.41, 5.74) is 3.94. The summed E-state index contributed by atoms with van der Waals surface area (Å²) in [6.07, 6.45) is 1.06. The highest BCUT2D eigenvalue weighted by molar-refractivity contribution is 7.14. The van der Waals surface area contributed by atoms with E-state index in [4.69, 9.17) is 9.47 Å². The molecule has 0 aliphatic carbocycles. The molecule has 1 aromatic heterocycles. The van der Waals surface area contributed by atoms with E-state index in [1.807, 2.05) is 54.8 Å². The fourth-order valence-corrected chi connectivity index (χ4v) is 3.44. The number of anilines is 1. The number of hydrogen-bond donors (Lipinski definition) is 1. The summed E-state index contributed by atoms with van der Waals surface area (Å²) in [6.45, 7) is 2.02. The number of thiazole rings is 1. The van der Waals surface area contributed by atoms with Crippen molar-refractivity contribution in [3.05, 3.63) is 59.0 Å². The molecule has 0 unspecified atom stereocenters. The van der Waals surface area contributed by atoms with Crippen LogP contribution in [0, 0.1) is 6.92 Å². The molecule has 0 aliphatic rings. The van der Waals surface area contributed by atoms with Gasteiger partial charge in [-0.1, -0.05) is 23.8 Å².